The van der Waals surface area contributed by atoms with Crippen molar-refractivity contribution in [3.8, 4) is 0 Å². The Kier molecular flexibility index (Phi) is 6.41. The Balaban J connectivity index is 1.94. The summed E-state index contributed by atoms with van der Waals surface area (Å²) < 4.78 is 1.99. The van der Waals surface area contributed by atoms with E-state index in [2.05, 4.69) is 59.6 Å². The van der Waals surface area contributed by atoms with E-state index in [1.54, 1.807) is 6.33 Å². The molecule has 21 heavy (non-hydrogen) atoms. The molecule has 0 aliphatic carbocycles. The second-order valence-electron chi connectivity index (χ2n) is 5.37. The van der Waals surface area contributed by atoms with E-state index in [1.807, 2.05) is 4.68 Å². The summed E-state index contributed by atoms with van der Waals surface area (Å²) in [6.07, 6.45) is 5.99. The Hall–Kier alpha value is -1.68. The lowest BCUT2D eigenvalue weighted by molar-refractivity contribution is 0.456. The van der Waals surface area contributed by atoms with Gasteiger partial charge in [0.15, 0.2) is 0 Å². The molecule has 1 aromatic carbocycles. The molecule has 0 radical (unpaired) electrons. The Morgan fingerprint density at radius 3 is 2.71 bits per heavy atom. The van der Waals surface area contributed by atoms with E-state index in [4.69, 9.17) is 0 Å². The summed E-state index contributed by atoms with van der Waals surface area (Å²) in [6.45, 7) is 6.25. The van der Waals surface area contributed by atoms with Gasteiger partial charge in [-0.1, -0.05) is 37.3 Å². The summed E-state index contributed by atoms with van der Waals surface area (Å²) >= 11 is 0. The van der Waals surface area contributed by atoms with Crippen LogP contribution in [0.4, 0.5) is 0 Å². The molecule has 1 atom stereocenters. The van der Waals surface area contributed by atoms with E-state index >= 15 is 0 Å². The SMILES string of the molecule is CCCNC(CCc1ccccc1)Cc1ncnn1CC. The maximum atomic E-state index is 4.40. The normalized spacial score (nSPS) is 12.5. The zero-order valence-electron chi connectivity index (χ0n) is 13.1. The van der Waals surface area contributed by atoms with Crippen LogP contribution in [0.3, 0.4) is 0 Å². The van der Waals surface area contributed by atoms with E-state index in [9.17, 15) is 0 Å². The van der Waals surface area contributed by atoms with Crippen molar-refractivity contribution in [3.63, 3.8) is 0 Å². The van der Waals surface area contributed by atoms with Gasteiger partial charge in [-0.25, -0.2) is 4.98 Å². The fraction of sp³-hybridized carbons (Fsp3) is 0.529. The number of aryl methyl sites for hydroxylation is 2. The first kappa shape index (κ1) is 15.7. The van der Waals surface area contributed by atoms with Gasteiger partial charge in [0.05, 0.1) is 0 Å². The number of rotatable bonds is 9. The molecule has 2 aromatic rings. The molecule has 1 unspecified atom stereocenters. The Bertz CT molecular complexity index is 507. The minimum atomic E-state index is 0.458. The summed E-state index contributed by atoms with van der Waals surface area (Å²) in [5, 5.41) is 7.91. The molecule has 114 valence electrons. The van der Waals surface area contributed by atoms with Crippen LogP contribution in [0.5, 0.6) is 0 Å². The highest BCUT2D eigenvalue weighted by atomic mass is 15.3. The first-order chi connectivity index (χ1) is 10.3. The lowest BCUT2D eigenvalue weighted by atomic mass is 10.0. The molecular weight excluding hydrogens is 260 g/mol. The van der Waals surface area contributed by atoms with Crippen LogP contribution in [0, 0.1) is 0 Å². The van der Waals surface area contributed by atoms with Gasteiger partial charge < -0.3 is 5.32 Å². The third kappa shape index (κ3) is 4.97. The van der Waals surface area contributed by atoms with E-state index in [0.717, 1.165) is 44.6 Å². The van der Waals surface area contributed by atoms with Crippen molar-refractivity contribution in [2.75, 3.05) is 6.54 Å². The van der Waals surface area contributed by atoms with Crippen molar-refractivity contribution < 1.29 is 0 Å². The summed E-state index contributed by atoms with van der Waals surface area (Å²) in [6, 6.07) is 11.1. The second kappa shape index (κ2) is 8.57. The van der Waals surface area contributed by atoms with E-state index in [-0.39, 0.29) is 0 Å². The molecule has 0 aliphatic rings. The molecule has 0 spiro atoms. The number of benzene rings is 1. The van der Waals surface area contributed by atoms with Crippen LogP contribution >= 0.6 is 0 Å². The number of nitrogens with one attached hydrogen (secondary N) is 1. The largest absolute Gasteiger partial charge is 0.314 e. The first-order valence-corrected chi connectivity index (χ1v) is 7.97. The van der Waals surface area contributed by atoms with Gasteiger partial charge in [0, 0.05) is 19.0 Å². The van der Waals surface area contributed by atoms with Gasteiger partial charge in [-0.05, 0) is 38.3 Å². The molecule has 0 saturated carbocycles. The van der Waals surface area contributed by atoms with Gasteiger partial charge in [-0.15, -0.1) is 0 Å². The van der Waals surface area contributed by atoms with Crippen molar-refractivity contribution in [1.82, 2.24) is 20.1 Å². The molecule has 1 N–H and O–H groups in total. The molecule has 0 amide bonds. The third-order valence-corrected chi connectivity index (χ3v) is 3.73. The average Bonchev–Trinajstić information content (AvgIpc) is 2.98. The Morgan fingerprint density at radius 1 is 1.19 bits per heavy atom. The van der Waals surface area contributed by atoms with Crippen LogP contribution in [0.25, 0.3) is 0 Å². The fourth-order valence-corrected chi connectivity index (χ4v) is 2.54. The highest BCUT2D eigenvalue weighted by Crippen LogP contribution is 2.09. The fourth-order valence-electron chi connectivity index (χ4n) is 2.54. The van der Waals surface area contributed by atoms with Crippen LogP contribution in [-0.2, 0) is 19.4 Å². The second-order valence-corrected chi connectivity index (χ2v) is 5.37. The van der Waals surface area contributed by atoms with Gasteiger partial charge in [-0.2, -0.15) is 5.10 Å². The standard InChI is InChI=1S/C17H26N4/c1-3-12-18-16(11-10-15-8-6-5-7-9-15)13-17-19-14-20-21(17)4-2/h5-9,14,16,18H,3-4,10-13H2,1-2H3. The third-order valence-electron chi connectivity index (χ3n) is 3.73. The lowest BCUT2D eigenvalue weighted by Gasteiger charge is -2.18. The van der Waals surface area contributed by atoms with Crippen LogP contribution < -0.4 is 5.32 Å². The average molecular weight is 286 g/mol. The zero-order valence-corrected chi connectivity index (χ0v) is 13.1. The molecule has 1 aromatic heterocycles. The maximum absolute atomic E-state index is 4.40. The van der Waals surface area contributed by atoms with Gasteiger partial charge in [0.25, 0.3) is 0 Å². The molecule has 2 rings (SSSR count). The summed E-state index contributed by atoms with van der Waals surface area (Å²) in [5.41, 5.74) is 1.40. The monoisotopic (exact) mass is 286 g/mol. The lowest BCUT2D eigenvalue weighted by Crippen LogP contribution is -2.33. The van der Waals surface area contributed by atoms with E-state index < -0.39 is 0 Å². The van der Waals surface area contributed by atoms with Crippen molar-refractivity contribution in [3.05, 3.63) is 48.0 Å². The molecule has 0 aliphatic heterocycles. The van der Waals surface area contributed by atoms with Crippen molar-refractivity contribution >= 4 is 0 Å². The minimum Gasteiger partial charge on any atom is -0.314 e. The predicted molar refractivity (Wildman–Crippen MR) is 86.2 cm³/mol. The maximum Gasteiger partial charge on any atom is 0.138 e. The highest BCUT2D eigenvalue weighted by molar-refractivity contribution is 5.14. The number of hydrogen-bond donors (Lipinski definition) is 1. The van der Waals surface area contributed by atoms with Crippen LogP contribution in [-0.4, -0.2) is 27.4 Å². The zero-order chi connectivity index (χ0) is 14.9. The summed E-state index contributed by atoms with van der Waals surface area (Å²) in [4.78, 5) is 4.40. The van der Waals surface area contributed by atoms with Crippen molar-refractivity contribution in [2.45, 2.75) is 52.1 Å². The first-order valence-electron chi connectivity index (χ1n) is 7.97. The van der Waals surface area contributed by atoms with Crippen LogP contribution in [0.15, 0.2) is 36.7 Å². The molecule has 0 bridgehead atoms. The molecule has 0 saturated heterocycles. The van der Waals surface area contributed by atoms with Gasteiger partial charge >= 0.3 is 0 Å². The molecule has 1 heterocycles. The summed E-state index contributed by atoms with van der Waals surface area (Å²) in [7, 11) is 0. The quantitative estimate of drug-likeness (QED) is 0.771. The molecular formula is C17H26N4. The van der Waals surface area contributed by atoms with Crippen LogP contribution in [0.2, 0.25) is 0 Å². The predicted octanol–water partition coefficient (Wildman–Crippen LogP) is 2.84. The number of aromatic nitrogens is 3. The molecule has 0 fully saturated rings. The smallest absolute Gasteiger partial charge is 0.138 e. The number of hydrogen-bond acceptors (Lipinski definition) is 3. The Labute approximate surface area is 127 Å². The van der Waals surface area contributed by atoms with Gasteiger partial charge in [0.2, 0.25) is 0 Å². The van der Waals surface area contributed by atoms with Crippen molar-refractivity contribution in [2.24, 2.45) is 0 Å². The molecule has 4 nitrogen and oxygen atoms in total. The van der Waals surface area contributed by atoms with Crippen molar-refractivity contribution in [1.29, 1.82) is 0 Å². The highest BCUT2D eigenvalue weighted by Gasteiger charge is 2.13. The minimum absolute atomic E-state index is 0.458. The van der Waals surface area contributed by atoms with Gasteiger partial charge in [-0.3, -0.25) is 4.68 Å². The molecule has 4 heteroatoms. The Morgan fingerprint density at radius 2 is 2.00 bits per heavy atom. The summed E-state index contributed by atoms with van der Waals surface area (Å²) in [5.74, 6) is 1.08. The van der Waals surface area contributed by atoms with E-state index in [1.165, 1.54) is 5.56 Å². The van der Waals surface area contributed by atoms with Gasteiger partial charge in [0.1, 0.15) is 12.2 Å². The number of nitrogens with zero attached hydrogens (tertiary/aromatic N) is 3. The topological polar surface area (TPSA) is 42.7 Å². The van der Waals surface area contributed by atoms with E-state index in [0.29, 0.717) is 6.04 Å². The van der Waals surface area contributed by atoms with Crippen LogP contribution in [0.1, 0.15) is 38.1 Å².